The summed E-state index contributed by atoms with van der Waals surface area (Å²) >= 11 is 0. The molecule has 8 heteroatoms. The predicted octanol–water partition coefficient (Wildman–Crippen LogP) is 0.632. The molecule has 27 heavy (non-hydrogen) atoms. The summed E-state index contributed by atoms with van der Waals surface area (Å²) in [4.78, 5) is 26.7. The summed E-state index contributed by atoms with van der Waals surface area (Å²) < 4.78 is 1.76. The van der Waals surface area contributed by atoms with Crippen LogP contribution in [0.3, 0.4) is 0 Å². The second-order valence-corrected chi connectivity index (χ2v) is 7.01. The molecular weight excluding hydrogens is 344 g/mol. The van der Waals surface area contributed by atoms with E-state index >= 15 is 0 Å². The zero-order valence-electron chi connectivity index (χ0n) is 15.8. The van der Waals surface area contributed by atoms with Crippen LogP contribution in [0, 0.1) is 0 Å². The van der Waals surface area contributed by atoms with Crippen LogP contribution < -0.4 is 10.6 Å². The maximum Gasteiger partial charge on any atom is 0.274 e. The fourth-order valence-electron chi connectivity index (χ4n) is 3.22. The third-order valence-corrected chi connectivity index (χ3v) is 4.75. The summed E-state index contributed by atoms with van der Waals surface area (Å²) in [7, 11) is 3.36. The molecule has 8 nitrogen and oxygen atoms in total. The van der Waals surface area contributed by atoms with Crippen LogP contribution in [0.15, 0.2) is 36.5 Å². The molecule has 1 aliphatic rings. The fourth-order valence-corrected chi connectivity index (χ4v) is 3.22. The number of benzene rings is 1. The molecule has 2 heterocycles. The molecule has 1 fully saturated rings. The molecule has 1 aromatic carbocycles. The van der Waals surface area contributed by atoms with E-state index in [0.717, 1.165) is 31.5 Å². The summed E-state index contributed by atoms with van der Waals surface area (Å²) in [5.41, 5.74) is 1.22. The van der Waals surface area contributed by atoms with Crippen LogP contribution in [-0.4, -0.2) is 64.9 Å². The highest BCUT2D eigenvalue weighted by Gasteiger charge is 2.25. The Bertz CT molecular complexity index is 768. The van der Waals surface area contributed by atoms with E-state index in [0.29, 0.717) is 6.42 Å². The first kappa shape index (κ1) is 19.0. The molecule has 0 bridgehead atoms. The molecule has 1 saturated heterocycles. The maximum atomic E-state index is 12.7. The molecule has 0 radical (unpaired) electrons. The first-order valence-electron chi connectivity index (χ1n) is 9.23. The van der Waals surface area contributed by atoms with E-state index in [-0.39, 0.29) is 23.6 Å². The second kappa shape index (κ2) is 8.77. The Morgan fingerprint density at radius 2 is 1.96 bits per heavy atom. The Balaban J connectivity index is 1.70. The van der Waals surface area contributed by atoms with Gasteiger partial charge in [-0.3, -0.25) is 9.59 Å². The number of nitrogens with one attached hydrogen (secondary N) is 2. The van der Waals surface area contributed by atoms with E-state index in [1.54, 1.807) is 25.0 Å². The highest BCUT2D eigenvalue weighted by atomic mass is 16.2. The molecule has 1 atom stereocenters. The number of aromatic nitrogens is 3. The molecule has 0 aliphatic carbocycles. The zero-order valence-corrected chi connectivity index (χ0v) is 15.8. The van der Waals surface area contributed by atoms with E-state index in [1.165, 1.54) is 4.90 Å². The highest BCUT2D eigenvalue weighted by molar-refractivity contribution is 5.95. The number of likely N-dealkylation sites (N-methyl/N-ethyl adjacent to an activating group) is 1. The van der Waals surface area contributed by atoms with Gasteiger partial charge < -0.3 is 15.5 Å². The zero-order chi connectivity index (χ0) is 19.2. The van der Waals surface area contributed by atoms with Crippen LogP contribution in [0.25, 0.3) is 0 Å². The minimum Gasteiger partial charge on any atom is -0.347 e. The summed E-state index contributed by atoms with van der Waals surface area (Å²) in [6.07, 6.45) is 4.01. The van der Waals surface area contributed by atoms with Crippen molar-refractivity contribution in [1.29, 1.82) is 0 Å². The van der Waals surface area contributed by atoms with Gasteiger partial charge in [-0.05, 0) is 31.5 Å². The molecule has 2 amide bonds. The van der Waals surface area contributed by atoms with E-state index in [4.69, 9.17) is 0 Å². The third kappa shape index (κ3) is 4.91. The van der Waals surface area contributed by atoms with Gasteiger partial charge in [-0.2, -0.15) is 0 Å². The molecule has 1 unspecified atom stereocenters. The van der Waals surface area contributed by atoms with Crippen molar-refractivity contribution < 1.29 is 9.59 Å². The summed E-state index contributed by atoms with van der Waals surface area (Å²) in [6, 6.07) is 9.23. The van der Waals surface area contributed by atoms with Gasteiger partial charge in [-0.15, -0.1) is 5.10 Å². The van der Waals surface area contributed by atoms with Crippen molar-refractivity contribution in [2.24, 2.45) is 0 Å². The van der Waals surface area contributed by atoms with Gasteiger partial charge in [-0.25, -0.2) is 4.68 Å². The van der Waals surface area contributed by atoms with Crippen LogP contribution in [0.4, 0.5) is 0 Å². The number of hydrogen-bond acceptors (Lipinski definition) is 5. The third-order valence-electron chi connectivity index (χ3n) is 4.75. The van der Waals surface area contributed by atoms with Gasteiger partial charge in [0.15, 0.2) is 5.69 Å². The van der Waals surface area contributed by atoms with Gasteiger partial charge in [0.25, 0.3) is 5.91 Å². The van der Waals surface area contributed by atoms with E-state index in [9.17, 15) is 9.59 Å². The van der Waals surface area contributed by atoms with Crippen LogP contribution in [-0.2, 0) is 11.2 Å². The van der Waals surface area contributed by atoms with Crippen LogP contribution >= 0.6 is 0 Å². The lowest BCUT2D eigenvalue weighted by Crippen LogP contribution is -2.47. The Labute approximate surface area is 158 Å². The minimum atomic E-state index is -0.654. The largest absolute Gasteiger partial charge is 0.347 e. The predicted molar refractivity (Wildman–Crippen MR) is 101 cm³/mol. The molecule has 144 valence electrons. The highest BCUT2D eigenvalue weighted by Crippen LogP contribution is 2.17. The fraction of sp³-hybridized carbons (Fsp3) is 0.474. The van der Waals surface area contributed by atoms with Gasteiger partial charge >= 0.3 is 0 Å². The molecule has 2 N–H and O–H groups in total. The van der Waals surface area contributed by atoms with Crippen LogP contribution in [0.2, 0.25) is 0 Å². The normalized spacial score (nSPS) is 15.9. The molecule has 1 aromatic heterocycles. The first-order valence-corrected chi connectivity index (χ1v) is 9.23. The van der Waals surface area contributed by atoms with Gasteiger partial charge in [0.1, 0.15) is 6.04 Å². The molecule has 0 saturated carbocycles. The van der Waals surface area contributed by atoms with Crippen molar-refractivity contribution >= 4 is 11.8 Å². The number of nitrogens with zero attached hydrogens (tertiary/aromatic N) is 4. The van der Waals surface area contributed by atoms with Crippen LogP contribution in [0.1, 0.15) is 34.9 Å². The van der Waals surface area contributed by atoms with Crippen molar-refractivity contribution in [3.8, 4) is 0 Å². The van der Waals surface area contributed by atoms with Crippen molar-refractivity contribution in [2.75, 3.05) is 27.2 Å². The van der Waals surface area contributed by atoms with Gasteiger partial charge in [0.05, 0.1) is 12.2 Å². The Morgan fingerprint density at radius 3 is 2.63 bits per heavy atom. The van der Waals surface area contributed by atoms with Crippen LogP contribution in [0.5, 0.6) is 0 Å². The standard InChI is InChI=1S/C19H26N6O2/c1-24(2)19(27)16(12-14-6-4-3-5-7-14)21-18(26)17-13-25(23-22-17)15-8-10-20-11-9-15/h3-7,13,15-16,20H,8-12H2,1-2H3,(H,21,26). The topological polar surface area (TPSA) is 92.2 Å². The number of hydrogen-bond donors (Lipinski definition) is 2. The lowest BCUT2D eigenvalue weighted by Gasteiger charge is -2.22. The number of rotatable bonds is 6. The summed E-state index contributed by atoms with van der Waals surface area (Å²) in [6.45, 7) is 1.87. The molecule has 3 rings (SSSR count). The SMILES string of the molecule is CN(C)C(=O)C(Cc1ccccc1)NC(=O)c1cn(C2CCNCC2)nn1. The molecule has 2 aromatic rings. The van der Waals surface area contributed by atoms with Crippen molar-refractivity contribution in [1.82, 2.24) is 30.5 Å². The number of amides is 2. The average Bonchev–Trinajstić information content (AvgIpc) is 3.18. The van der Waals surface area contributed by atoms with Crippen molar-refractivity contribution in [2.45, 2.75) is 31.3 Å². The van der Waals surface area contributed by atoms with E-state index < -0.39 is 6.04 Å². The first-order chi connectivity index (χ1) is 13.0. The quantitative estimate of drug-likeness (QED) is 0.778. The monoisotopic (exact) mass is 370 g/mol. The lowest BCUT2D eigenvalue weighted by atomic mass is 10.0. The smallest absolute Gasteiger partial charge is 0.274 e. The van der Waals surface area contributed by atoms with Crippen molar-refractivity contribution in [3.63, 3.8) is 0 Å². The van der Waals surface area contributed by atoms with Gasteiger partial charge in [0.2, 0.25) is 5.91 Å². The van der Waals surface area contributed by atoms with Crippen molar-refractivity contribution in [3.05, 3.63) is 47.8 Å². The number of piperidine rings is 1. The lowest BCUT2D eigenvalue weighted by molar-refractivity contribution is -0.130. The maximum absolute atomic E-state index is 12.7. The van der Waals surface area contributed by atoms with E-state index in [1.807, 2.05) is 30.3 Å². The molecular formula is C19H26N6O2. The number of carbonyl (C=O) groups excluding carboxylic acids is 2. The van der Waals surface area contributed by atoms with Gasteiger partial charge in [-0.1, -0.05) is 35.5 Å². The van der Waals surface area contributed by atoms with E-state index in [2.05, 4.69) is 20.9 Å². The minimum absolute atomic E-state index is 0.155. The number of carbonyl (C=O) groups is 2. The Morgan fingerprint density at radius 1 is 1.26 bits per heavy atom. The average molecular weight is 370 g/mol. The Hall–Kier alpha value is -2.74. The molecule has 0 spiro atoms. The molecule has 1 aliphatic heterocycles. The summed E-state index contributed by atoms with van der Waals surface area (Å²) in [5.74, 6) is -0.538. The van der Waals surface area contributed by atoms with Gasteiger partial charge in [0, 0.05) is 20.5 Å². The summed E-state index contributed by atoms with van der Waals surface area (Å²) in [5, 5.41) is 14.3. The Kier molecular flexibility index (Phi) is 6.18. The second-order valence-electron chi connectivity index (χ2n) is 7.01.